The number of carbonyl (C=O) groups is 1. The molecule has 2 fully saturated rings. The molecule has 2 aliphatic rings. The number of benzene rings is 1. The summed E-state index contributed by atoms with van der Waals surface area (Å²) in [7, 11) is 0. The third-order valence-corrected chi connectivity index (χ3v) is 4.75. The van der Waals surface area contributed by atoms with Gasteiger partial charge in [0.05, 0.1) is 19.3 Å². The Balaban J connectivity index is 1.76. The van der Waals surface area contributed by atoms with E-state index in [9.17, 15) is 4.79 Å². The highest BCUT2D eigenvalue weighted by atomic mass is 16.7. The van der Waals surface area contributed by atoms with Crippen LogP contribution in [0.15, 0.2) is 24.3 Å². The number of amides is 2. The van der Waals surface area contributed by atoms with E-state index < -0.39 is 0 Å². The van der Waals surface area contributed by atoms with Crippen molar-refractivity contribution in [3.63, 3.8) is 0 Å². The second kappa shape index (κ2) is 7.11. The largest absolute Gasteiger partial charge is 0.348 e. The average Bonchev–Trinajstić information content (AvgIpc) is 3.08. The van der Waals surface area contributed by atoms with Gasteiger partial charge in [-0.05, 0) is 36.3 Å². The van der Waals surface area contributed by atoms with Gasteiger partial charge in [0, 0.05) is 12.2 Å². The van der Waals surface area contributed by atoms with Crippen LogP contribution in [-0.4, -0.2) is 43.0 Å². The second-order valence-corrected chi connectivity index (χ2v) is 7.59. The molecule has 0 aromatic heterocycles. The molecule has 1 atom stereocenters. The molecule has 0 saturated carbocycles. The zero-order valence-corrected chi connectivity index (χ0v) is 14.9. The van der Waals surface area contributed by atoms with Crippen molar-refractivity contribution in [1.82, 2.24) is 4.90 Å². The Morgan fingerprint density at radius 2 is 1.88 bits per heavy atom. The lowest BCUT2D eigenvalue weighted by atomic mass is 9.86. The van der Waals surface area contributed by atoms with Gasteiger partial charge < -0.3 is 19.7 Å². The molecule has 1 aromatic carbocycles. The summed E-state index contributed by atoms with van der Waals surface area (Å²) in [5.74, 6) is 0. The standard InChI is InChI=1S/C19H28N2O3/c1-19(2,3)14-8-4-5-9-15(14)20-18(22)21-11-7-6-10-16(21)17-23-12-13-24-17/h4-5,8-9,16-17H,6-7,10-13H2,1-3H3,(H,20,22). The highest BCUT2D eigenvalue weighted by Gasteiger charge is 2.36. The van der Waals surface area contributed by atoms with Gasteiger partial charge in [0.15, 0.2) is 6.29 Å². The van der Waals surface area contributed by atoms with Gasteiger partial charge in [0.1, 0.15) is 0 Å². The number of urea groups is 1. The summed E-state index contributed by atoms with van der Waals surface area (Å²) in [6.07, 6.45) is 2.78. The van der Waals surface area contributed by atoms with Crippen LogP contribution in [0.5, 0.6) is 0 Å². The zero-order chi connectivity index (χ0) is 17.2. The monoisotopic (exact) mass is 332 g/mol. The number of likely N-dealkylation sites (tertiary alicyclic amines) is 1. The molecule has 2 saturated heterocycles. The number of carbonyl (C=O) groups excluding carboxylic acids is 1. The van der Waals surface area contributed by atoms with E-state index in [2.05, 4.69) is 32.2 Å². The van der Waals surface area contributed by atoms with Gasteiger partial charge in [-0.25, -0.2) is 4.79 Å². The number of para-hydroxylation sites is 1. The molecule has 24 heavy (non-hydrogen) atoms. The Morgan fingerprint density at radius 3 is 2.58 bits per heavy atom. The van der Waals surface area contributed by atoms with E-state index in [0.717, 1.165) is 37.1 Å². The van der Waals surface area contributed by atoms with Crippen LogP contribution in [0.3, 0.4) is 0 Å². The summed E-state index contributed by atoms with van der Waals surface area (Å²) in [6, 6.07) is 7.97. The summed E-state index contributed by atoms with van der Waals surface area (Å²) < 4.78 is 11.3. The predicted molar refractivity (Wildman–Crippen MR) is 94.2 cm³/mol. The Hall–Kier alpha value is -1.59. The van der Waals surface area contributed by atoms with E-state index in [1.54, 1.807) is 0 Å². The second-order valence-electron chi connectivity index (χ2n) is 7.59. The molecular weight excluding hydrogens is 304 g/mol. The minimum Gasteiger partial charge on any atom is -0.348 e. The van der Waals surface area contributed by atoms with Crippen LogP contribution in [0, 0.1) is 0 Å². The van der Waals surface area contributed by atoms with Gasteiger partial charge in [0.25, 0.3) is 0 Å². The summed E-state index contributed by atoms with van der Waals surface area (Å²) in [5, 5.41) is 3.12. The van der Waals surface area contributed by atoms with E-state index >= 15 is 0 Å². The normalized spacial score (nSPS) is 22.6. The third-order valence-electron chi connectivity index (χ3n) is 4.75. The van der Waals surface area contributed by atoms with Crippen LogP contribution in [0.2, 0.25) is 0 Å². The fourth-order valence-corrected chi connectivity index (χ4v) is 3.52. The lowest BCUT2D eigenvalue weighted by Gasteiger charge is -2.38. The molecular formula is C19H28N2O3. The molecule has 2 amide bonds. The van der Waals surface area contributed by atoms with Crippen LogP contribution < -0.4 is 5.32 Å². The maximum Gasteiger partial charge on any atom is 0.322 e. The van der Waals surface area contributed by atoms with Gasteiger partial charge in [-0.3, -0.25) is 0 Å². The van der Waals surface area contributed by atoms with E-state index in [1.807, 2.05) is 23.1 Å². The number of piperidine rings is 1. The van der Waals surface area contributed by atoms with Crippen molar-refractivity contribution in [3.05, 3.63) is 29.8 Å². The van der Waals surface area contributed by atoms with Crippen molar-refractivity contribution in [2.45, 2.75) is 57.8 Å². The van der Waals surface area contributed by atoms with Gasteiger partial charge in [-0.2, -0.15) is 0 Å². The first-order valence-electron chi connectivity index (χ1n) is 8.87. The third kappa shape index (κ3) is 3.73. The van der Waals surface area contributed by atoms with E-state index in [4.69, 9.17) is 9.47 Å². The van der Waals surface area contributed by atoms with Crippen molar-refractivity contribution >= 4 is 11.7 Å². The van der Waals surface area contributed by atoms with Crippen molar-refractivity contribution in [1.29, 1.82) is 0 Å². The van der Waals surface area contributed by atoms with Crippen LogP contribution in [-0.2, 0) is 14.9 Å². The molecule has 0 spiro atoms. The number of rotatable bonds is 2. The Morgan fingerprint density at radius 1 is 1.17 bits per heavy atom. The first-order valence-corrected chi connectivity index (χ1v) is 8.87. The predicted octanol–water partition coefficient (Wildman–Crippen LogP) is 3.74. The lowest BCUT2D eigenvalue weighted by molar-refractivity contribution is -0.0973. The maximum atomic E-state index is 12.9. The van der Waals surface area contributed by atoms with Crippen molar-refractivity contribution < 1.29 is 14.3 Å². The Kier molecular flexibility index (Phi) is 5.11. The smallest absolute Gasteiger partial charge is 0.322 e. The van der Waals surface area contributed by atoms with Crippen LogP contribution in [0.1, 0.15) is 45.6 Å². The van der Waals surface area contributed by atoms with Gasteiger partial charge in [-0.1, -0.05) is 39.0 Å². The lowest BCUT2D eigenvalue weighted by Crippen LogP contribution is -2.51. The maximum absolute atomic E-state index is 12.9. The van der Waals surface area contributed by atoms with Crippen LogP contribution >= 0.6 is 0 Å². The van der Waals surface area contributed by atoms with Gasteiger partial charge in [-0.15, -0.1) is 0 Å². The van der Waals surface area contributed by atoms with Gasteiger partial charge in [0.2, 0.25) is 0 Å². The fourth-order valence-electron chi connectivity index (χ4n) is 3.52. The van der Waals surface area contributed by atoms with Crippen LogP contribution in [0.25, 0.3) is 0 Å². The van der Waals surface area contributed by atoms with Crippen molar-refractivity contribution in [2.75, 3.05) is 25.1 Å². The number of anilines is 1. The summed E-state index contributed by atoms with van der Waals surface area (Å²) >= 11 is 0. The highest BCUT2D eigenvalue weighted by Crippen LogP contribution is 2.30. The minimum atomic E-state index is -0.283. The summed E-state index contributed by atoms with van der Waals surface area (Å²) in [6.45, 7) is 8.44. The summed E-state index contributed by atoms with van der Waals surface area (Å²) in [5.41, 5.74) is 2.00. The highest BCUT2D eigenvalue weighted by molar-refractivity contribution is 5.90. The molecule has 1 unspecified atom stereocenters. The van der Waals surface area contributed by atoms with E-state index in [1.165, 1.54) is 0 Å². The average molecular weight is 332 g/mol. The van der Waals surface area contributed by atoms with E-state index in [-0.39, 0.29) is 23.8 Å². The molecule has 0 bridgehead atoms. The van der Waals surface area contributed by atoms with Gasteiger partial charge >= 0.3 is 6.03 Å². The number of nitrogens with zero attached hydrogens (tertiary/aromatic N) is 1. The number of ether oxygens (including phenoxy) is 2. The Labute approximate surface area is 144 Å². The molecule has 1 N–H and O–H groups in total. The first-order chi connectivity index (χ1) is 11.5. The first kappa shape index (κ1) is 17.2. The van der Waals surface area contributed by atoms with Crippen molar-refractivity contribution in [2.24, 2.45) is 0 Å². The van der Waals surface area contributed by atoms with Crippen molar-refractivity contribution in [3.8, 4) is 0 Å². The molecule has 5 heteroatoms. The molecule has 2 aliphatic heterocycles. The Bertz CT molecular complexity index is 576. The van der Waals surface area contributed by atoms with Crippen LogP contribution in [0.4, 0.5) is 10.5 Å². The van der Waals surface area contributed by atoms with E-state index in [0.29, 0.717) is 13.2 Å². The molecule has 1 aromatic rings. The summed E-state index contributed by atoms with van der Waals surface area (Å²) in [4.78, 5) is 14.8. The molecule has 2 heterocycles. The number of hydrogen-bond donors (Lipinski definition) is 1. The molecule has 132 valence electrons. The topological polar surface area (TPSA) is 50.8 Å². The SMILES string of the molecule is CC(C)(C)c1ccccc1NC(=O)N1CCCCC1C1OCCO1. The number of hydrogen-bond acceptors (Lipinski definition) is 3. The molecule has 5 nitrogen and oxygen atoms in total. The quantitative estimate of drug-likeness (QED) is 0.897. The molecule has 0 aliphatic carbocycles. The molecule has 0 radical (unpaired) electrons. The molecule has 3 rings (SSSR count). The minimum absolute atomic E-state index is 0.00282. The fraction of sp³-hybridized carbons (Fsp3) is 0.632. The zero-order valence-electron chi connectivity index (χ0n) is 14.9. The number of nitrogens with one attached hydrogen (secondary N) is 1.